The molecule has 6 nitrogen and oxygen atoms in total. The second-order valence-electron chi connectivity index (χ2n) is 7.57. The first-order valence-electron chi connectivity index (χ1n) is 9.69. The summed E-state index contributed by atoms with van der Waals surface area (Å²) in [6.45, 7) is 8.22. The van der Waals surface area contributed by atoms with Crippen molar-refractivity contribution in [3.8, 4) is 0 Å². The molecule has 28 heavy (non-hydrogen) atoms. The number of aromatic nitrogens is 3. The molecule has 0 radical (unpaired) electrons. The normalized spacial score (nSPS) is 16.6. The number of benzene rings is 1. The van der Waals surface area contributed by atoms with Gasteiger partial charge >= 0.3 is 0 Å². The number of rotatable bonds is 5. The van der Waals surface area contributed by atoms with E-state index in [-0.39, 0.29) is 5.82 Å². The Bertz CT molecular complexity index is 965. The monoisotopic (exact) mass is 383 g/mol. The van der Waals surface area contributed by atoms with Crippen molar-refractivity contribution in [1.82, 2.24) is 19.4 Å². The number of anilines is 1. The average Bonchev–Trinajstić information content (AvgIpc) is 3.05. The van der Waals surface area contributed by atoms with Gasteiger partial charge in [0.05, 0.1) is 30.0 Å². The number of imidazole rings is 1. The van der Waals surface area contributed by atoms with Crippen molar-refractivity contribution in [3.63, 3.8) is 0 Å². The lowest BCUT2D eigenvalue weighted by molar-refractivity contribution is 0.0957. The van der Waals surface area contributed by atoms with Gasteiger partial charge in [-0.15, -0.1) is 0 Å². The molecule has 7 heteroatoms. The Labute approximate surface area is 164 Å². The smallest absolute Gasteiger partial charge is 0.165 e. The minimum atomic E-state index is -0.489. The van der Waals surface area contributed by atoms with Crippen LogP contribution in [0.1, 0.15) is 11.1 Å². The summed E-state index contributed by atoms with van der Waals surface area (Å²) in [6, 6.07) is 7.26. The van der Waals surface area contributed by atoms with Crippen molar-refractivity contribution in [2.45, 2.75) is 26.5 Å². The van der Waals surface area contributed by atoms with Crippen molar-refractivity contribution in [2.75, 3.05) is 37.6 Å². The van der Waals surface area contributed by atoms with E-state index in [1.807, 2.05) is 9.47 Å². The molecule has 1 atom stereocenters. The maximum absolute atomic E-state index is 13.9. The molecule has 4 rings (SSSR count). The average molecular weight is 383 g/mol. The molecule has 0 spiro atoms. The molecule has 0 saturated carbocycles. The number of β-amino-alcohol motifs (C(OH)–C–C–N with tert-alkyl or cyclic N) is 1. The molecule has 1 aliphatic heterocycles. The fourth-order valence-corrected chi connectivity index (χ4v) is 3.79. The number of aliphatic hydroxyl groups is 1. The number of aliphatic hydroxyl groups excluding tert-OH is 1. The highest BCUT2D eigenvalue weighted by atomic mass is 19.1. The van der Waals surface area contributed by atoms with Gasteiger partial charge in [-0.05, 0) is 49.2 Å². The van der Waals surface area contributed by atoms with Crippen molar-refractivity contribution in [2.24, 2.45) is 0 Å². The summed E-state index contributed by atoms with van der Waals surface area (Å²) >= 11 is 0. The number of fused-ring (bicyclic) bond motifs is 1. The minimum absolute atomic E-state index is 0.284. The summed E-state index contributed by atoms with van der Waals surface area (Å²) in [5, 5.41) is 10.6. The first-order valence-corrected chi connectivity index (χ1v) is 9.69. The van der Waals surface area contributed by atoms with Crippen LogP contribution < -0.4 is 4.90 Å². The lowest BCUT2D eigenvalue weighted by Crippen LogP contribution is -2.49. The topological polar surface area (TPSA) is 57.4 Å². The molecule has 3 heterocycles. The van der Waals surface area contributed by atoms with Crippen molar-refractivity contribution >= 4 is 16.9 Å². The van der Waals surface area contributed by atoms with E-state index in [2.05, 4.69) is 40.8 Å². The summed E-state index contributed by atoms with van der Waals surface area (Å²) in [4.78, 5) is 12.8. The molecule has 0 bridgehead atoms. The van der Waals surface area contributed by atoms with E-state index in [9.17, 15) is 9.50 Å². The first kappa shape index (κ1) is 18.8. The second kappa shape index (κ2) is 7.85. The number of pyridine rings is 1. The molecule has 1 aliphatic rings. The standard InChI is InChI=1S/C21H26FN5O/c1-15-10-19-20(11-16(15)2)27(14-24-19)13-17(28)12-25-6-8-26(9-7-25)21-18(22)4-3-5-23-21/h3-5,10-11,14,17,28H,6-9,12-13H2,1-2H3. The maximum atomic E-state index is 13.9. The summed E-state index contributed by atoms with van der Waals surface area (Å²) in [5.74, 6) is 0.131. The predicted molar refractivity (Wildman–Crippen MR) is 108 cm³/mol. The Balaban J connectivity index is 1.35. The predicted octanol–water partition coefficient (Wildman–Crippen LogP) is 2.37. The highest BCUT2D eigenvalue weighted by molar-refractivity contribution is 5.77. The molecule has 3 aromatic rings. The number of halogens is 1. The van der Waals surface area contributed by atoms with Crippen LogP contribution in [0.2, 0.25) is 0 Å². The van der Waals surface area contributed by atoms with Gasteiger partial charge in [0.2, 0.25) is 0 Å². The van der Waals surface area contributed by atoms with E-state index in [0.717, 1.165) is 24.1 Å². The number of hydrogen-bond acceptors (Lipinski definition) is 5. The van der Waals surface area contributed by atoms with Crippen LogP contribution in [0, 0.1) is 19.7 Å². The molecular weight excluding hydrogens is 357 g/mol. The molecule has 2 aromatic heterocycles. The third-order valence-corrected chi connectivity index (χ3v) is 5.52. The number of piperazine rings is 1. The lowest BCUT2D eigenvalue weighted by atomic mass is 10.1. The zero-order valence-electron chi connectivity index (χ0n) is 16.3. The van der Waals surface area contributed by atoms with Gasteiger partial charge in [0, 0.05) is 38.9 Å². The Morgan fingerprint density at radius 1 is 1.07 bits per heavy atom. The van der Waals surface area contributed by atoms with Gasteiger partial charge in [0.1, 0.15) is 0 Å². The van der Waals surface area contributed by atoms with Gasteiger partial charge in [-0.25, -0.2) is 14.4 Å². The van der Waals surface area contributed by atoms with Gasteiger partial charge in [-0.3, -0.25) is 4.90 Å². The third-order valence-electron chi connectivity index (χ3n) is 5.52. The van der Waals surface area contributed by atoms with Crippen molar-refractivity contribution < 1.29 is 9.50 Å². The number of hydrogen-bond donors (Lipinski definition) is 1. The Morgan fingerprint density at radius 3 is 2.57 bits per heavy atom. The molecule has 1 unspecified atom stereocenters. The van der Waals surface area contributed by atoms with E-state index in [1.165, 1.54) is 17.2 Å². The maximum Gasteiger partial charge on any atom is 0.165 e. The molecule has 1 aromatic carbocycles. The largest absolute Gasteiger partial charge is 0.390 e. The SMILES string of the molecule is Cc1cc2ncn(CC(O)CN3CCN(c4ncccc4F)CC3)c2cc1C. The highest BCUT2D eigenvalue weighted by Gasteiger charge is 2.22. The summed E-state index contributed by atoms with van der Waals surface area (Å²) in [5.41, 5.74) is 4.46. The fourth-order valence-electron chi connectivity index (χ4n) is 3.79. The molecule has 0 aliphatic carbocycles. The summed E-state index contributed by atoms with van der Waals surface area (Å²) < 4.78 is 15.9. The van der Waals surface area contributed by atoms with Crippen molar-refractivity contribution in [1.29, 1.82) is 0 Å². The highest BCUT2D eigenvalue weighted by Crippen LogP contribution is 2.20. The van der Waals surface area contributed by atoms with E-state index >= 15 is 0 Å². The van der Waals surface area contributed by atoms with E-state index in [0.29, 0.717) is 32.0 Å². The van der Waals surface area contributed by atoms with Gasteiger partial charge < -0.3 is 14.6 Å². The Kier molecular flexibility index (Phi) is 5.28. The Hall–Kier alpha value is -2.51. The zero-order valence-corrected chi connectivity index (χ0v) is 16.3. The molecule has 148 valence electrons. The zero-order chi connectivity index (χ0) is 19.7. The quantitative estimate of drug-likeness (QED) is 0.733. The van der Waals surface area contributed by atoms with E-state index < -0.39 is 6.10 Å². The van der Waals surface area contributed by atoms with Crippen LogP contribution in [-0.2, 0) is 6.54 Å². The molecule has 0 amide bonds. The number of nitrogens with zero attached hydrogens (tertiary/aromatic N) is 5. The van der Waals surface area contributed by atoms with E-state index in [4.69, 9.17) is 0 Å². The van der Waals surface area contributed by atoms with Crippen molar-refractivity contribution in [3.05, 3.63) is 53.7 Å². The minimum Gasteiger partial charge on any atom is -0.390 e. The van der Waals surface area contributed by atoms with Gasteiger partial charge in [-0.2, -0.15) is 0 Å². The molecular formula is C21H26FN5O. The van der Waals surface area contributed by atoms with Crippen LogP contribution in [-0.4, -0.2) is 63.4 Å². The van der Waals surface area contributed by atoms with Crippen LogP contribution in [0.5, 0.6) is 0 Å². The Morgan fingerprint density at radius 2 is 1.82 bits per heavy atom. The van der Waals surface area contributed by atoms with Crippen LogP contribution in [0.3, 0.4) is 0 Å². The lowest BCUT2D eigenvalue weighted by Gasteiger charge is -2.36. The fraction of sp³-hybridized carbons (Fsp3) is 0.429. The van der Waals surface area contributed by atoms with Gasteiger partial charge in [-0.1, -0.05) is 0 Å². The second-order valence-corrected chi connectivity index (χ2v) is 7.57. The first-order chi connectivity index (χ1) is 13.5. The van der Waals surface area contributed by atoms with Gasteiger partial charge in [0.25, 0.3) is 0 Å². The van der Waals surface area contributed by atoms with Gasteiger partial charge in [0.15, 0.2) is 11.6 Å². The summed E-state index contributed by atoms with van der Waals surface area (Å²) in [6.07, 6.45) is 2.93. The third kappa shape index (κ3) is 3.86. The number of aryl methyl sites for hydroxylation is 2. The molecule has 1 N–H and O–H groups in total. The van der Waals surface area contributed by atoms with Crippen LogP contribution >= 0.6 is 0 Å². The van der Waals surface area contributed by atoms with Crippen LogP contribution in [0.15, 0.2) is 36.8 Å². The summed E-state index contributed by atoms with van der Waals surface area (Å²) in [7, 11) is 0. The molecule has 1 saturated heterocycles. The van der Waals surface area contributed by atoms with Crippen LogP contribution in [0.4, 0.5) is 10.2 Å². The van der Waals surface area contributed by atoms with Crippen LogP contribution in [0.25, 0.3) is 11.0 Å². The van der Waals surface area contributed by atoms with E-state index in [1.54, 1.807) is 18.6 Å². The molecule has 1 fully saturated rings.